The third kappa shape index (κ3) is 7.29. The Labute approximate surface area is 184 Å². The number of nitrogens with zero attached hydrogens (tertiary/aromatic N) is 1. The zero-order valence-electron chi connectivity index (χ0n) is 18.5. The molecule has 3 N–H and O–H groups in total. The Morgan fingerprint density at radius 1 is 1.23 bits per heavy atom. The lowest BCUT2D eigenvalue weighted by Crippen LogP contribution is -2.37. The third-order valence-corrected chi connectivity index (χ3v) is 4.86. The topological polar surface area (TPSA) is 84.0 Å². The van der Waals surface area contributed by atoms with Crippen molar-refractivity contribution in [2.24, 2.45) is 4.99 Å². The number of hydrogen-bond acceptors (Lipinski definition) is 4. The van der Waals surface area contributed by atoms with Crippen LogP contribution in [0.4, 0.5) is 5.69 Å². The van der Waals surface area contributed by atoms with E-state index in [0.29, 0.717) is 19.7 Å². The molecular weight excluding hydrogens is 392 g/mol. The second-order valence-electron chi connectivity index (χ2n) is 7.64. The highest BCUT2D eigenvalue weighted by Crippen LogP contribution is 2.23. The molecule has 0 aliphatic carbocycles. The predicted molar refractivity (Wildman–Crippen MR) is 123 cm³/mol. The summed E-state index contributed by atoms with van der Waals surface area (Å²) in [5.74, 6) is 1.53. The fourth-order valence-corrected chi connectivity index (χ4v) is 3.34. The van der Waals surface area contributed by atoms with Crippen molar-refractivity contribution in [1.29, 1.82) is 0 Å². The Hall–Kier alpha value is -3.06. The van der Waals surface area contributed by atoms with Crippen LogP contribution in [0.5, 0.6) is 5.75 Å². The minimum atomic E-state index is -0.0871. The number of ether oxygens (including phenoxy) is 2. The van der Waals surface area contributed by atoms with Crippen LogP contribution in [0.3, 0.4) is 0 Å². The van der Waals surface area contributed by atoms with Gasteiger partial charge in [0.25, 0.3) is 0 Å². The summed E-state index contributed by atoms with van der Waals surface area (Å²) in [6, 6.07) is 14.0. The molecule has 1 heterocycles. The van der Waals surface area contributed by atoms with Gasteiger partial charge in [-0.15, -0.1) is 0 Å². The van der Waals surface area contributed by atoms with Gasteiger partial charge in [-0.25, -0.2) is 4.99 Å². The standard InChI is InChI=1S/C24H32N4O3/c1-4-25-24(26-14-19-6-5-7-21(13-19)28-18(3)29)27-15-20-9-8-17(2)12-23(20)31-22-10-11-30-16-22/h5-9,12-13,22H,4,10-11,14-16H2,1-3H3,(H,28,29)(H2,25,26,27). The zero-order valence-corrected chi connectivity index (χ0v) is 18.5. The fraction of sp³-hybridized carbons (Fsp3) is 0.417. The van der Waals surface area contributed by atoms with E-state index in [1.165, 1.54) is 6.92 Å². The van der Waals surface area contributed by atoms with Gasteiger partial charge in [0.2, 0.25) is 5.91 Å². The SMILES string of the molecule is CCNC(=NCc1cccc(NC(C)=O)c1)NCc1ccc(C)cc1OC1CCOC1. The van der Waals surface area contributed by atoms with E-state index >= 15 is 0 Å². The molecule has 0 bridgehead atoms. The summed E-state index contributed by atoms with van der Waals surface area (Å²) < 4.78 is 11.6. The van der Waals surface area contributed by atoms with E-state index in [1.54, 1.807) is 0 Å². The van der Waals surface area contributed by atoms with E-state index in [-0.39, 0.29) is 12.0 Å². The number of amides is 1. The predicted octanol–water partition coefficient (Wildman–Crippen LogP) is 3.38. The molecule has 1 aliphatic heterocycles. The van der Waals surface area contributed by atoms with Crippen molar-refractivity contribution >= 4 is 17.6 Å². The number of carbonyl (C=O) groups is 1. The summed E-state index contributed by atoms with van der Waals surface area (Å²) in [5.41, 5.74) is 4.03. The van der Waals surface area contributed by atoms with E-state index in [1.807, 2.05) is 31.2 Å². The van der Waals surface area contributed by atoms with Crippen LogP contribution < -0.4 is 20.7 Å². The maximum Gasteiger partial charge on any atom is 0.221 e. The molecule has 0 saturated carbocycles. The van der Waals surface area contributed by atoms with Gasteiger partial charge < -0.3 is 25.4 Å². The lowest BCUT2D eigenvalue weighted by atomic mass is 10.1. The largest absolute Gasteiger partial charge is 0.488 e. The fourth-order valence-electron chi connectivity index (χ4n) is 3.34. The smallest absolute Gasteiger partial charge is 0.221 e. The number of aliphatic imine (C=N–C) groups is 1. The molecule has 1 atom stereocenters. The number of rotatable bonds is 8. The lowest BCUT2D eigenvalue weighted by molar-refractivity contribution is -0.114. The molecule has 3 rings (SSSR count). The molecule has 1 amide bonds. The number of aryl methyl sites for hydroxylation is 1. The Kier molecular flexibility index (Phi) is 8.29. The number of anilines is 1. The summed E-state index contributed by atoms with van der Waals surface area (Å²) >= 11 is 0. The van der Waals surface area contributed by atoms with Crippen LogP contribution >= 0.6 is 0 Å². The van der Waals surface area contributed by atoms with E-state index in [9.17, 15) is 4.79 Å². The second-order valence-corrected chi connectivity index (χ2v) is 7.64. The molecule has 2 aromatic carbocycles. The summed E-state index contributed by atoms with van der Waals surface area (Å²) in [4.78, 5) is 16.0. The van der Waals surface area contributed by atoms with Gasteiger partial charge in [0.15, 0.2) is 5.96 Å². The number of benzene rings is 2. The summed E-state index contributed by atoms with van der Waals surface area (Å²) in [5, 5.41) is 9.48. The second kappa shape index (κ2) is 11.4. The lowest BCUT2D eigenvalue weighted by Gasteiger charge is -2.18. The quantitative estimate of drug-likeness (QED) is 0.447. The number of hydrogen-bond donors (Lipinski definition) is 3. The van der Waals surface area contributed by atoms with Gasteiger partial charge in [-0.3, -0.25) is 4.79 Å². The van der Waals surface area contributed by atoms with Crippen molar-refractivity contribution < 1.29 is 14.3 Å². The zero-order chi connectivity index (χ0) is 22.1. The highest BCUT2D eigenvalue weighted by Gasteiger charge is 2.18. The number of nitrogens with one attached hydrogen (secondary N) is 3. The van der Waals surface area contributed by atoms with Gasteiger partial charge in [-0.05, 0) is 43.2 Å². The maximum atomic E-state index is 11.3. The van der Waals surface area contributed by atoms with E-state index in [0.717, 1.165) is 53.7 Å². The highest BCUT2D eigenvalue weighted by molar-refractivity contribution is 5.88. The average Bonchev–Trinajstić information content (AvgIpc) is 3.24. The summed E-state index contributed by atoms with van der Waals surface area (Å²) in [6.45, 7) is 8.85. The average molecular weight is 425 g/mol. The maximum absolute atomic E-state index is 11.3. The van der Waals surface area contributed by atoms with Crippen molar-refractivity contribution in [1.82, 2.24) is 10.6 Å². The van der Waals surface area contributed by atoms with Gasteiger partial charge in [0.1, 0.15) is 11.9 Å². The highest BCUT2D eigenvalue weighted by atomic mass is 16.5. The van der Waals surface area contributed by atoms with Crippen molar-refractivity contribution in [2.45, 2.75) is 46.4 Å². The van der Waals surface area contributed by atoms with E-state index in [2.05, 4.69) is 41.1 Å². The van der Waals surface area contributed by atoms with Crippen molar-refractivity contribution in [3.05, 3.63) is 59.2 Å². The molecule has 1 saturated heterocycles. The molecule has 166 valence electrons. The van der Waals surface area contributed by atoms with E-state index in [4.69, 9.17) is 14.5 Å². The Balaban J connectivity index is 1.66. The molecule has 0 spiro atoms. The monoisotopic (exact) mass is 424 g/mol. The minimum Gasteiger partial charge on any atom is -0.488 e. The Morgan fingerprint density at radius 2 is 2.10 bits per heavy atom. The molecule has 7 nitrogen and oxygen atoms in total. The van der Waals surface area contributed by atoms with Gasteiger partial charge >= 0.3 is 0 Å². The van der Waals surface area contributed by atoms with Crippen LogP contribution in [0.1, 0.15) is 37.0 Å². The Morgan fingerprint density at radius 3 is 2.84 bits per heavy atom. The Bertz CT molecular complexity index is 907. The number of guanidine groups is 1. The van der Waals surface area contributed by atoms with Crippen LogP contribution in [0.15, 0.2) is 47.5 Å². The van der Waals surface area contributed by atoms with Crippen LogP contribution in [0.2, 0.25) is 0 Å². The van der Waals surface area contributed by atoms with Crippen LogP contribution in [-0.4, -0.2) is 37.7 Å². The minimum absolute atomic E-state index is 0.0871. The third-order valence-electron chi connectivity index (χ3n) is 4.86. The van der Waals surface area contributed by atoms with Gasteiger partial charge in [-0.1, -0.05) is 24.3 Å². The summed E-state index contributed by atoms with van der Waals surface area (Å²) in [6.07, 6.45) is 1.03. The van der Waals surface area contributed by atoms with Crippen molar-refractivity contribution in [3.63, 3.8) is 0 Å². The van der Waals surface area contributed by atoms with Crippen molar-refractivity contribution in [2.75, 3.05) is 25.1 Å². The molecule has 31 heavy (non-hydrogen) atoms. The molecular formula is C24H32N4O3. The molecule has 0 radical (unpaired) electrons. The molecule has 1 unspecified atom stereocenters. The van der Waals surface area contributed by atoms with Crippen LogP contribution in [0, 0.1) is 6.92 Å². The van der Waals surface area contributed by atoms with E-state index < -0.39 is 0 Å². The molecule has 7 heteroatoms. The van der Waals surface area contributed by atoms with Crippen LogP contribution in [-0.2, 0) is 22.6 Å². The first kappa shape index (κ1) is 22.6. The molecule has 2 aromatic rings. The van der Waals surface area contributed by atoms with Crippen LogP contribution in [0.25, 0.3) is 0 Å². The van der Waals surface area contributed by atoms with Crippen molar-refractivity contribution in [3.8, 4) is 5.75 Å². The normalized spacial score (nSPS) is 16.1. The first-order valence-corrected chi connectivity index (χ1v) is 10.8. The van der Waals surface area contributed by atoms with Gasteiger partial charge in [-0.2, -0.15) is 0 Å². The molecule has 1 fully saturated rings. The van der Waals surface area contributed by atoms with Gasteiger partial charge in [0.05, 0.1) is 19.8 Å². The van der Waals surface area contributed by atoms with Gasteiger partial charge in [0, 0.05) is 37.7 Å². The summed E-state index contributed by atoms with van der Waals surface area (Å²) in [7, 11) is 0. The molecule has 0 aromatic heterocycles. The molecule has 1 aliphatic rings. The number of carbonyl (C=O) groups excluding carboxylic acids is 1. The first-order valence-electron chi connectivity index (χ1n) is 10.8. The first-order chi connectivity index (χ1) is 15.0.